The van der Waals surface area contributed by atoms with Crippen LogP contribution in [-0.2, 0) is 19.1 Å². The van der Waals surface area contributed by atoms with Gasteiger partial charge in [-0.25, -0.2) is 0 Å². The van der Waals surface area contributed by atoms with Crippen molar-refractivity contribution in [3.8, 4) is 0 Å². The summed E-state index contributed by atoms with van der Waals surface area (Å²) < 4.78 is 5.06. The number of carbonyl (C=O) groups is 3. The van der Waals surface area contributed by atoms with Crippen molar-refractivity contribution in [2.75, 3.05) is 6.61 Å². The van der Waals surface area contributed by atoms with E-state index in [2.05, 4.69) is 0 Å². The molecule has 0 radical (unpaired) electrons. The number of hydrogen-bond acceptors (Lipinski definition) is 4. The summed E-state index contributed by atoms with van der Waals surface area (Å²) >= 11 is 0. The first-order chi connectivity index (χ1) is 9.20. The molecule has 0 heterocycles. The lowest BCUT2D eigenvalue weighted by Gasteiger charge is -2.30. The van der Waals surface area contributed by atoms with E-state index in [0.29, 0.717) is 29.6 Å². The van der Waals surface area contributed by atoms with E-state index in [9.17, 15) is 14.4 Å². The van der Waals surface area contributed by atoms with Crippen LogP contribution < -0.4 is 0 Å². The number of esters is 1. The van der Waals surface area contributed by atoms with Crippen LogP contribution in [-0.4, -0.2) is 24.1 Å². The molecule has 0 aromatic heterocycles. The summed E-state index contributed by atoms with van der Waals surface area (Å²) in [5.41, 5.74) is 1.01. The van der Waals surface area contributed by atoms with Crippen molar-refractivity contribution in [2.24, 2.45) is 5.41 Å². The van der Waals surface area contributed by atoms with Crippen LogP contribution >= 0.6 is 0 Å². The third kappa shape index (κ3) is 3.44. The lowest BCUT2D eigenvalue weighted by atomic mass is 9.73. The third-order valence-electron chi connectivity index (χ3n) is 3.62. The first-order valence-electron chi connectivity index (χ1n) is 6.85. The Morgan fingerprint density at radius 3 is 2.40 bits per heavy atom. The molecule has 1 aliphatic rings. The third-order valence-corrected chi connectivity index (χ3v) is 3.62. The molecule has 0 N–H and O–H groups in total. The number of rotatable bonds is 5. The van der Waals surface area contributed by atoms with E-state index in [1.807, 2.05) is 13.8 Å². The zero-order valence-corrected chi connectivity index (χ0v) is 12.8. The first-order valence-corrected chi connectivity index (χ1v) is 6.85. The Morgan fingerprint density at radius 1 is 1.25 bits per heavy atom. The summed E-state index contributed by atoms with van der Waals surface area (Å²) in [4.78, 5) is 35.3. The minimum atomic E-state index is -0.498. The molecule has 0 unspecified atom stereocenters. The Kier molecular flexibility index (Phi) is 5.03. The SMILES string of the molecule is CCC(=O)OCCC(C)(C)C1=C(C)C(=O)C(C)=CC1=O. The predicted octanol–water partition coefficient (Wildman–Crippen LogP) is 2.77. The molecule has 1 aliphatic carbocycles. The largest absolute Gasteiger partial charge is 0.466 e. The zero-order chi connectivity index (χ0) is 15.5. The molecule has 0 bridgehead atoms. The number of ketones is 2. The van der Waals surface area contributed by atoms with E-state index in [1.54, 1.807) is 20.8 Å². The highest BCUT2D eigenvalue weighted by atomic mass is 16.5. The van der Waals surface area contributed by atoms with Crippen molar-refractivity contribution in [2.45, 2.75) is 47.5 Å². The normalized spacial score (nSPS) is 16.4. The predicted molar refractivity (Wildman–Crippen MR) is 76.1 cm³/mol. The monoisotopic (exact) mass is 278 g/mol. The Hall–Kier alpha value is -1.71. The smallest absolute Gasteiger partial charge is 0.305 e. The summed E-state index contributed by atoms with van der Waals surface area (Å²) in [6, 6.07) is 0. The molecule has 0 amide bonds. The molecule has 0 aromatic carbocycles. The number of allylic oxidation sites excluding steroid dienone is 4. The molecule has 20 heavy (non-hydrogen) atoms. The van der Waals surface area contributed by atoms with Gasteiger partial charge in [0.05, 0.1) is 6.61 Å². The number of hydrogen-bond donors (Lipinski definition) is 0. The van der Waals surface area contributed by atoms with E-state index in [4.69, 9.17) is 4.74 Å². The van der Waals surface area contributed by atoms with Gasteiger partial charge in [0, 0.05) is 23.1 Å². The van der Waals surface area contributed by atoms with Gasteiger partial charge < -0.3 is 4.74 Å². The van der Waals surface area contributed by atoms with E-state index in [1.165, 1.54) is 6.08 Å². The van der Waals surface area contributed by atoms with Crippen LogP contribution in [0.2, 0.25) is 0 Å². The molecule has 1 rings (SSSR count). The van der Waals surface area contributed by atoms with Gasteiger partial charge in [-0.1, -0.05) is 20.8 Å². The number of carbonyl (C=O) groups excluding carboxylic acids is 3. The minimum absolute atomic E-state index is 0.0850. The van der Waals surface area contributed by atoms with E-state index in [-0.39, 0.29) is 24.1 Å². The molecule has 0 aliphatic heterocycles. The fraction of sp³-hybridized carbons (Fsp3) is 0.562. The van der Waals surface area contributed by atoms with Crippen molar-refractivity contribution in [1.82, 2.24) is 0 Å². The minimum Gasteiger partial charge on any atom is -0.466 e. The van der Waals surface area contributed by atoms with Crippen molar-refractivity contribution < 1.29 is 19.1 Å². The second kappa shape index (κ2) is 6.16. The van der Waals surface area contributed by atoms with Gasteiger partial charge in [0.15, 0.2) is 11.6 Å². The van der Waals surface area contributed by atoms with Crippen LogP contribution in [0.3, 0.4) is 0 Å². The van der Waals surface area contributed by atoms with Crippen molar-refractivity contribution in [3.05, 3.63) is 22.8 Å². The van der Waals surface area contributed by atoms with Crippen molar-refractivity contribution >= 4 is 17.5 Å². The second-order valence-electron chi connectivity index (χ2n) is 5.73. The van der Waals surface area contributed by atoms with Crippen molar-refractivity contribution in [3.63, 3.8) is 0 Å². The molecule has 0 saturated heterocycles. The highest BCUT2D eigenvalue weighted by molar-refractivity contribution is 6.22. The van der Waals surface area contributed by atoms with Gasteiger partial charge >= 0.3 is 5.97 Å². The molecular formula is C16H22O4. The molecule has 0 saturated carbocycles. The maximum atomic E-state index is 12.2. The quantitative estimate of drug-likeness (QED) is 0.573. The lowest BCUT2D eigenvalue weighted by Crippen LogP contribution is -2.29. The Bertz CT molecular complexity index is 507. The highest BCUT2D eigenvalue weighted by Crippen LogP contribution is 2.36. The summed E-state index contributed by atoms with van der Waals surface area (Å²) in [6.45, 7) is 9.11. The Balaban J connectivity index is 2.88. The fourth-order valence-corrected chi connectivity index (χ4v) is 2.42. The highest BCUT2D eigenvalue weighted by Gasteiger charge is 2.34. The van der Waals surface area contributed by atoms with Crippen LogP contribution in [0.25, 0.3) is 0 Å². The second-order valence-corrected chi connectivity index (χ2v) is 5.73. The zero-order valence-electron chi connectivity index (χ0n) is 12.8. The van der Waals surface area contributed by atoms with Gasteiger partial charge in [-0.3, -0.25) is 14.4 Å². The van der Waals surface area contributed by atoms with E-state index >= 15 is 0 Å². The van der Waals surface area contributed by atoms with Gasteiger partial charge in [0.2, 0.25) is 0 Å². The molecular weight excluding hydrogens is 256 g/mol. The maximum absolute atomic E-state index is 12.2. The van der Waals surface area contributed by atoms with Crippen LogP contribution in [0.1, 0.15) is 47.5 Å². The van der Waals surface area contributed by atoms with Crippen LogP contribution in [0.5, 0.6) is 0 Å². The summed E-state index contributed by atoms with van der Waals surface area (Å²) in [7, 11) is 0. The van der Waals surface area contributed by atoms with Gasteiger partial charge in [-0.15, -0.1) is 0 Å². The summed E-state index contributed by atoms with van der Waals surface area (Å²) in [6.07, 6.45) is 2.24. The van der Waals surface area contributed by atoms with Crippen LogP contribution in [0, 0.1) is 5.41 Å². The van der Waals surface area contributed by atoms with Crippen LogP contribution in [0.15, 0.2) is 22.8 Å². The van der Waals surface area contributed by atoms with Gasteiger partial charge in [0.1, 0.15) is 0 Å². The number of ether oxygens (including phenoxy) is 1. The first kappa shape index (κ1) is 16.3. The maximum Gasteiger partial charge on any atom is 0.305 e. The average molecular weight is 278 g/mol. The standard InChI is InChI=1S/C16H22O4/c1-6-13(18)20-8-7-16(4,5)14-11(3)15(19)10(2)9-12(14)17/h9H,6-8H2,1-5H3. The molecule has 4 heteroatoms. The molecule has 0 fully saturated rings. The van der Waals surface area contributed by atoms with Crippen molar-refractivity contribution in [1.29, 1.82) is 0 Å². The summed E-state index contributed by atoms with van der Waals surface area (Å²) in [5.74, 6) is -0.460. The summed E-state index contributed by atoms with van der Waals surface area (Å²) in [5, 5.41) is 0. The Morgan fingerprint density at radius 2 is 1.85 bits per heavy atom. The molecule has 110 valence electrons. The Labute approximate surface area is 119 Å². The topological polar surface area (TPSA) is 60.4 Å². The lowest BCUT2D eigenvalue weighted by molar-refractivity contribution is -0.143. The fourth-order valence-electron chi connectivity index (χ4n) is 2.42. The van der Waals surface area contributed by atoms with Crippen LogP contribution in [0.4, 0.5) is 0 Å². The van der Waals surface area contributed by atoms with Gasteiger partial charge in [0.25, 0.3) is 0 Å². The van der Waals surface area contributed by atoms with Gasteiger partial charge in [-0.05, 0) is 31.8 Å². The van der Waals surface area contributed by atoms with E-state index in [0.717, 1.165) is 0 Å². The molecule has 0 aromatic rings. The molecule has 0 atom stereocenters. The average Bonchev–Trinajstić information content (AvgIpc) is 2.35. The molecule has 4 nitrogen and oxygen atoms in total. The number of Topliss-reactive ketones (excluding diaryl/α,β-unsaturated/α-hetero) is 1. The molecule has 0 spiro atoms. The van der Waals surface area contributed by atoms with Gasteiger partial charge in [-0.2, -0.15) is 0 Å². The van der Waals surface area contributed by atoms with E-state index < -0.39 is 5.41 Å².